The molecule has 4 heterocycles. The normalized spacial score (nSPS) is 18.6. The Morgan fingerprint density at radius 2 is 1.79 bits per heavy atom. The second-order valence-corrected chi connectivity index (χ2v) is 8.51. The van der Waals surface area contributed by atoms with Gasteiger partial charge in [-0.2, -0.15) is 0 Å². The topological polar surface area (TPSA) is 115 Å². The fraction of sp³-hybridized carbons (Fsp3) is 0.375. The molecule has 2 aliphatic heterocycles. The van der Waals surface area contributed by atoms with Crippen molar-refractivity contribution in [1.82, 2.24) is 24.8 Å². The zero-order valence-corrected chi connectivity index (χ0v) is 18.5. The van der Waals surface area contributed by atoms with Crippen LogP contribution in [0, 0.1) is 6.92 Å². The van der Waals surface area contributed by atoms with Crippen LogP contribution < -0.4 is 5.73 Å². The van der Waals surface area contributed by atoms with Crippen molar-refractivity contribution in [3.8, 4) is 0 Å². The first-order valence-electron chi connectivity index (χ1n) is 11.2. The van der Waals surface area contributed by atoms with Crippen molar-refractivity contribution in [3.63, 3.8) is 0 Å². The van der Waals surface area contributed by atoms with Crippen LogP contribution in [0.1, 0.15) is 44.6 Å². The first-order chi connectivity index (χ1) is 16.0. The number of anilines is 1. The number of hydrogen-bond donors (Lipinski definition) is 1. The van der Waals surface area contributed by atoms with Gasteiger partial charge in [-0.1, -0.05) is 18.2 Å². The predicted octanol–water partition coefficient (Wildman–Crippen LogP) is 2.02. The van der Waals surface area contributed by atoms with E-state index >= 15 is 0 Å². The predicted molar refractivity (Wildman–Crippen MR) is 123 cm³/mol. The average Bonchev–Trinajstić information content (AvgIpc) is 3.33. The number of nitrogen functional groups attached to an aromatic ring is 1. The number of carbonyl (C=O) groups is 2. The molecule has 0 saturated carbocycles. The number of rotatable bonds is 3. The summed E-state index contributed by atoms with van der Waals surface area (Å²) < 4.78 is 5.40. The molecule has 9 nitrogen and oxygen atoms in total. The fourth-order valence-corrected chi connectivity index (χ4v) is 4.57. The number of benzene rings is 1. The highest BCUT2D eigenvalue weighted by atomic mass is 16.5. The van der Waals surface area contributed by atoms with Crippen LogP contribution in [0.2, 0.25) is 0 Å². The summed E-state index contributed by atoms with van der Waals surface area (Å²) in [6.45, 7) is 5.15. The minimum Gasteiger partial charge on any atom is -0.378 e. The van der Waals surface area contributed by atoms with Crippen LogP contribution >= 0.6 is 0 Å². The maximum Gasteiger partial charge on any atom is 0.272 e. The molecule has 2 saturated heterocycles. The van der Waals surface area contributed by atoms with E-state index in [0.717, 1.165) is 23.0 Å². The van der Waals surface area contributed by atoms with E-state index in [1.54, 1.807) is 17.9 Å². The second kappa shape index (κ2) is 8.74. The van der Waals surface area contributed by atoms with Gasteiger partial charge in [-0.05, 0) is 31.5 Å². The molecule has 0 spiro atoms. The maximum absolute atomic E-state index is 13.4. The number of carbonyl (C=O) groups excluding carboxylic acids is 2. The summed E-state index contributed by atoms with van der Waals surface area (Å²) in [4.78, 5) is 43.0. The minimum absolute atomic E-state index is 0.00369. The molecule has 2 aromatic heterocycles. The average molecular weight is 447 g/mol. The van der Waals surface area contributed by atoms with Gasteiger partial charge in [0.25, 0.3) is 11.8 Å². The largest absolute Gasteiger partial charge is 0.378 e. The smallest absolute Gasteiger partial charge is 0.272 e. The first-order valence-corrected chi connectivity index (χ1v) is 11.2. The number of likely N-dealkylation sites (tertiary alicyclic amines) is 1. The summed E-state index contributed by atoms with van der Waals surface area (Å²) in [6, 6.07) is 11.3. The maximum atomic E-state index is 13.4. The molecule has 2 N–H and O–H groups in total. The van der Waals surface area contributed by atoms with Gasteiger partial charge in [-0.3, -0.25) is 14.6 Å². The van der Waals surface area contributed by atoms with E-state index in [-0.39, 0.29) is 23.7 Å². The van der Waals surface area contributed by atoms with Crippen LogP contribution in [0.25, 0.3) is 10.9 Å². The van der Waals surface area contributed by atoms with Gasteiger partial charge in [-0.25, -0.2) is 9.97 Å². The van der Waals surface area contributed by atoms with Crippen LogP contribution in [0.5, 0.6) is 0 Å². The van der Waals surface area contributed by atoms with Gasteiger partial charge in [0.05, 0.1) is 24.3 Å². The lowest BCUT2D eigenvalue weighted by Gasteiger charge is -2.27. The number of pyridine rings is 1. The van der Waals surface area contributed by atoms with Gasteiger partial charge in [0.15, 0.2) is 0 Å². The standard InChI is InChI=1S/C24H26N6O3/c1-15-12-21(28-24(25)26-15)23(32)30-7-6-16(14-30)20-13-18(17-4-2-3-5-19(17)27-20)22(31)29-8-10-33-11-9-29/h2-5,12-13,16H,6-11,14H2,1H3,(H2,25,26,28). The summed E-state index contributed by atoms with van der Waals surface area (Å²) >= 11 is 0. The Labute approximate surface area is 191 Å². The van der Waals surface area contributed by atoms with E-state index in [2.05, 4.69) is 9.97 Å². The molecule has 1 atom stereocenters. The van der Waals surface area contributed by atoms with Crippen molar-refractivity contribution in [1.29, 1.82) is 0 Å². The highest BCUT2D eigenvalue weighted by molar-refractivity contribution is 6.06. The number of fused-ring (bicyclic) bond motifs is 1. The van der Waals surface area contributed by atoms with E-state index in [1.807, 2.05) is 35.2 Å². The zero-order chi connectivity index (χ0) is 22.9. The molecule has 0 radical (unpaired) electrons. The lowest BCUT2D eigenvalue weighted by Crippen LogP contribution is -2.40. The quantitative estimate of drug-likeness (QED) is 0.654. The monoisotopic (exact) mass is 446 g/mol. The molecule has 0 bridgehead atoms. The van der Waals surface area contributed by atoms with Crippen molar-refractivity contribution < 1.29 is 14.3 Å². The Morgan fingerprint density at radius 3 is 2.58 bits per heavy atom. The van der Waals surface area contributed by atoms with Gasteiger partial charge in [0, 0.05) is 48.9 Å². The molecule has 2 fully saturated rings. The van der Waals surface area contributed by atoms with Gasteiger partial charge >= 0.3 is 0 Å². The number of para-hydroxylation sites is 1. The van der Waals surface area contributed by atoms with E-state index < -0.39 is 0 Å². The fourth-order valence-electron chi connectivity index (χ4n) is 4.57. The van der Waals surface area contributed by atoms with E-state index in [4.69, 9.17) is 15.5 Å². The molecular weight excluding hydrogens is 420 g/mol. The first kappa shape index (κ1) is 21.3. The molecule has 33 heavy (non-hydrogen) atoms. The summed E-state index contributed by atoms with van der Waals surface area (Å²) in [5.41, 5.74) is 8.96. The number of nitrogens with two attached hydrogens (primary N) is 1. The number of amides is 2. The molecule has 1 aromatic carbocycles. The highest BCUT2D eigenvalue weighted by Crippen LogP contribution is 2.30. The van der Waals surface area contributed by atoms with Crippen LogP contribution in [-0.4, -0.2) is 76.0 Å². The third kappa shape index (κ3) is 4.23. The van der Waals surface area contributed by atoms with E-state index in [9.17, 15) is 9.59 Å². The number of nitrogens with zero attached hydrogens (tertiary/aromatic N) is 5. The van der Waals surface area contributed by atoms with Gasteiger partial charge in [0.1, 0.15) is 5.69 Å². The van der Waals surface area contributed by atoms with E-state index in [0.29, 0.717) is 56.3 Å². The Bertz CT molecular complexity index is 1200. The van der Waals surface area contributed by atoms with Crippen LogP contribution in [0.4, 0.5) is 5.95 Å². The number of hydrogen-bond acceptors (Lipinski definition) is 7. The Morgan fingerprint density at radius 1 is 1.00 bits per heavy atom. The number of aryl methyl sites for hydroxylation is 1. The SMILES string of the molecule is Cc1cc(C(=O)N2CCC(c3cc(C(=O)N4CCOCC4)c4ccccc4n3)C2)nc(N)n1. The van der Waals surface area contributed by atoms with Gasteiger partial charge in [-0.15, -0.1) is 0 Å². The molecule has 1 unspecified atom stereocenters. The van der Waals surface area contributed by atoms with Crippen LogP contribution in [0.15, 0.2) is 36.4 Å². The molecular formula is C24H26N6O3. The summed E-state index contributed by atoms with van der Waals surface area (Å²) in [5.74, 6) is -0.0391. The number of ether oxygens (including phenoxy) is 1. The molecule has 2 amide bonds. The molecule has 2 aliphatic rings. The summed E-state index contributed by atoms with van der Waals surface area (Å²) in [6.07, 6.45) is 0.766. The van der Waals surface area contributed by atoms with Gasteiger partial charge in [0.2, 0.25) is 5.95 Å². The summed E-state index contributed by atoms with van der Waals surface area (Å²) in [5, 5.41) is 0.843. The lowest BCUT2D eigenvalue weighted by molar-refractivity contribution is 0.0304. The van der Waals surface area contributed by atoms with Crippen molar-refractivity contribution >= 4 is 28.7 Å². The molecule has 0 aliphatic carbocycles. The molecule has 3 aromatic rings. The van der Waals surface area contributed by atoms with Crippen molar-refractivity contribution in [2.75, 3.05) is 45.1 Å². The number of morpholine rings is 1. The Kier molecular flexibility index (Phi) is 5.63. The highest BCUT2D eigenvalue weighted by Gasteiger charge is 2.31. The Balaban J connectivity index is 1.43. The minimum atomic E-state index is -0.167. The molecule has 5 rings (SSSR count). The van der Waals surface area contributed by atoms with E-state index in [1.165, 1.54) is 0 Å². The van der Waals surface area contributed by atoms with Crippen LogP contribution in [0.3, 0.4) is 0 Å². The third-order valence-electron chi connectivity index (χ3n) is 6.25. The molecule has 9 heteroatoms. The second-order valence-electron chi connectivity index (χ2n) is 8.51. The van der Waals surface area contributed by atoms with Gasteiger partial charge < -0.3 is 20.3 Å². The summed E-state index contributed by atoms with van der Waals surface area (Å²) in [7, 11) is 0. The number of aromatic nitrogens is 3. The van der Waals surface area contributed by atoms with Crippen molar-refractivity contribution in [2.24, 2.45) is 0 Å². The molecule has 170 valence electrons. The third-order valence-corrected chi connectivity index (χ3v) is 6.25. The van der Waals surface area contributed by atoms with Crippen LogP contribution in [-0.2, 0) is 4.74 Å². The van der Waals surface area contributed by atoms with Crippen molar-refractivity contribution in [3.05, 3.63) is 59.0 Å². The Hall–Kier alpha value is -3.59. The zero-order valence-electron chi connectivity index (χ0n) is 18.5. The lowest BCUT2D eigenvalue weighted by atomic mass is 9.99. The van der Waals surface area contributed by atoms with Crippen molar-refractivity contribution in [2.45, 2.75) is 19.3 Å².